The van der Waals surface area contributed by atoms with Gasteiger partial charge in [-0.05, 0) is 13.0 Å². The molecule has 0 aromatic rings. The zero-order chi connectivity index (χ0) is 10.4. The minimum Gasteiger partial charge on any atom is -0.313 e. The number of likely N-dealkylation sites (N-methyl/N-ethyl adjacent to an activating group) is 1. The summed E-state index contributed by atoms with van der Waals surface area (Å²) in [6.45, 7) is 11.2. The molecular weight excluding hydrogens is 150 g/mol. The molecule has 0 radical (unpaired) electrons. The molecule has 0 aliphatic carbocycles. The average Bonchev–Trinajstić information content (AvgIpc) is 1.89. The highest BCUT2D eigenvalue weighted by Gasteiger charge is 1.68. The molecule has 1 N–H and O–H groups in total. The first-order chi connectivity index (χ1) is 5.56. The topological polar surface area (TPSA) is 29.1 Å². The Labute approximate surface area is 77.7 Å². The number of carbonyl (C=O) groups excluding carboxylic acids is 1. The maximum absolute atomic E-state index is 9.34. The van der Waals surface area contributed by atoms with Gasteiger partial charge >= 0.3 is 0 Å². The van der Waals surface area contributed by atoms with E-state index in [9.17, 15) is 4.79 Å². The highest BCUT2D eigenvalue weighted by Crippen LogP contribution is 1.81. The molecule has 0 aromatic heterocycles. The van der Waals surface area contributed by atoms with Crippen molar-refractivity contribution in [1.29, 1.82) is 0 Å². The molecule has 0 aliphatic rings. The zero-order valence-electron chi connectivity index (χ0n) is 9.48. The molecule has 0 atom stereocenters. The summed E-state index contributed by atoms with van der Waals surface area (Å²) in [6, 6.07) is 0. The van der Waals surface area contributed by atoms with Gasteiger partial charge in [0.2, 0.25) is 0 Å². The fourth-order valence-corrected chi connectivity index (χ4v) is 0.0833. The van der Waals surface area contributed by atoms with E-state index >= 15 is 0 Å². The monoisotopic (exact) mass is 175 g/mol. The standard InChI is InChI=1S/C4H10.C3H7NO.C3H8/c1-4(2)3;1-4-2-3-5;1-3-2/h4H,1-3H3;3-4H,2H2,1H3;3H2,1-2H3. The molecule has 0 aromatic carbocycles. The molecule has 76 valence electrons. The van der Waals surface area contributed by atoms with Crippen LogP contribution in [0.3, 0.4) is 0 Å². The molecule has 0 spiro atoms. The lowest BCUT2D eigenvalue weighted by Gasteiger charge is -1.79. The molecule has 0 aliphatic heterocycles. The predicted molar refractivity (Wildman–Crippen MR) is 56.5 cm³/mol. The third-order valence-corrected chi connectivity index (χ3v) is 0.287. The van der Waals surface area contributed by atoms with E-state index in [2.05, 4.69) is 39.9 Å². The maximum atomic E-state index is 9.34. The third-order valence-electron chi connectivity index (χ3n) is 0.287. The van der Waals surface area contributed by atoms with Crippen LogP contribution in [0.1, 0.15) is 41.0 Å². The van der Waals surface area contributed by atoms with Gasteiger partial charge in [0.25, 0.3) is 0 Å². The van der Waals surface area contributed by atoms with E-state index in [4.69, 9.17) is 0 Å². The Bertz CT molecular complexity index is 60.1. The highest BCUT2D eigenvalue weighted by molar-refractivity contribution is 5.51. The van der Waals surface area contributed by atoms with Crippen molar-refractivity contribution < 1.29 is 4.79 Å². The van der Waals surface area contributed by atoms with Gasteiger partial charge in [0, 0.05) is 0 Å². The summed E-state index contributed by atoms with van der Waals surface area (Å²) < 4.78 is 0. The number of rotatable bonds is 2. The molecule has 0 heterocycles. The van der Waals surface area contributed by atoms with Crippen LogP contribution in [0, 0.1) is 5.92 Å². The van der Waals surface area contributed by atoms with Crippen molar-refractivity contribution in [3.05, 3.63) is 0 Å². The normalized spacial score (nSPS) is 7.58. The molecule has 0 bridgehead atoms. The van der Waals surface area contributed by atoms with Crippen molar-refractivity contribution in [2.24, 2.45) is 5.92 Å². The van der Waals surface area contributed by atoms with Crippen molar-refractivity contribution in [2.45, 2.75) is 41.0 Å². The quantitative estimate of drug-likeness (QED) is 0.653. The first kappa shape index (κ1) is 17.6. The van der Waals surface area contributed by atoms with Crippen molar-refractivity contribution in [3.8, 4) is 0 Å². The van der Waals surface area contributed by atoms with E-state index in [1.807, 2.05) is 0 Å². The molecule has 0 unspecified atom stereocenters. The molecule has 0 fully saturated rings. The van der Waals surface area contributed by atoms with Gasteiger partial charge in [-0.15, -0.1) is 0 Å². The highest BCUT2D eigenvalue weighted by atomic mass is 16.1. The summed E-state index contributed by atoms with van der Waals surface area (Å²) in [5.74, 6) is 0.833. The predicted octanol–water partition coefficient (Wildman–Crippen LogP) is 2.48. The molecule has 0 saturated carbocycles. The fraction of sp³-hybridized carbons (Fsp3) is 0.900. The average molecular weight is 175 g/mol. The first-order valence-electron chi connectivity index (χ1n) is 4.64. The lowest BCUT2D eigenvalue weighted by molar-refractivity contribution is -0.107. The van der Waals surface area contributed by atoms with Crippen LogP contribution in [0.4, 0.5) is 0 Å². The van der Waals surface area contributed by atoms with Crippen LogP contribution in [-0.2, 0) is 4.79 Å². The van der Waals surface area contributed by atoms with Crippen LogP contribution >= 0.6 is 0 Å². The van der Waals surface area contributed by atoms with Crippen molar-refractivity contribution in [1.82, 2.24) is 5.32 Å². The molecule has 0 rings (SSSR count). The van der Waals surface area contributed by atoms with E-state index < -0.39 is 0 Å². The lowest BCUT2D eigenvalue weighted by atomic mass is 10.3. The SMILES string of the molecule is CC(C)C.CCC.CNCC=O. The van der Waals surface area contributed by atoms with Gasteiger partial charge in [-0.1, -0.05) is 41.0 Å². The Balaban J connectivity index is -0.000000105. The van der Waals surface area contributed by atoms with E-state index in [0.717, 1.165) is 12.2 Å². The number of aldehydes is 1. The van der Waals surface area contributed by atoms with Crippen molar-refractivity contribution in [2.75, 3.05) is 13.6 Å². The molecule has 12 heavy (non-hydrogen) atoms. The van der Waals surface area contributed by atoms with E-state index in [-0.39, 0.29) is 0 Å². The Morgan fingerprint density at radius 1 is 1.25 bits per heavy atom. The van der Waals surface area contributed by atoms with Crippen LogP contribution in [0.15, 0.2) is 0 Å². The third kappa shape index (κ3) is 270. The Morgan fingerprint density at radius 3 is 1.50 bits per heavy atom. The summed E-state index contributed by atoms with van der Waals surface area (Å²) in [5, 5.41) is 2.65. The van der Waals surface area contributed by atoms with Crippen LogP contribution in [0.2, 0.25) is 0 Å². The molecule has 2 heteroatoms. The van der Waals surface area contributed by atoms with Gasteiger partial charge in [-0.25, -0.2) is 0 Å². The van der Waals surface area contributed by atoms with Crippen LogP contribution in [0.25, 0.3) is 0 Å². The number of carbonyl (C=O) groups is 1. The van der Waals surface area contributed by atoms with Gasteiger partial charge < -0.3 is 10.1 Å². The van der Waals surface area contributed by atoms with E-state index in [1.54, 1.807) is 7.05 Å². The van der Waals surface area contributed by atoms with Gasteiger partial charge in [-0.2, -0.15) is 0 Å². The Kier molecular flexibility index (Phi) is 33.0. The molecule has 2 nitrogen and oxygen atoms in total. The number of nitrogens with one attached hydrogen (secondary N) is 1. The summed E-state index contributed by atoms with van der Waals surface area (Å²) in [4.78, 5) is 9.34. The number of hydrogen-bond donors (Lipinski definition) is 1. The van der Waals surface area contributed by atoms with Gasteiger partial charge in [0.15, 0.2) is 0 Å². The van der Waals surface area contributed by atoms with Gasteiger partial charge in [0.05, 0.1) is 6.54 Å². The summed E-state index contributed by atoms with van der Waals surface area (Å²) >= 11 is 0. The zero-order valence-corrected chi connectivity index (χ0v) is 9.48. The minimum absolute atomic E-state index is 0.458. The largest absolute Gasteiger partial charge is 0.313 e. The minimum atomic E-state index is 0.458. The van der Waals surface area contributed by atoms with Crippen LogP contribution in [0.5, 0.6) is 0 Å². The summed E-state index contributed by atoms with van der Waals surface area (Å²) in [6.07, 6.45) is 2.07. The Hall–Kier alpha value is -0.370. The van der Waals surface area contributed by atoms with Crippen molar-refractivity contribution in [3.63, 3.8) is 0 Å². The van der Waals surface area contributed by atoms with E-state index in [1.165, 1.54) is 6.42 Å². The molecular formula is C10H25NO. The smallest absolute Gasteiger partial charge is 0.133 e. The first-order valence-corrected chi connectivity index (χ1v) is 4.64. The summed E-state index contributed by atoms with van der Waals surface area (Å²) in [7, 11) is 1.73. The molecule has 0 saturated heterocycles. The Morgan fingerprint density at radius 2 is 1.50 bits per heavy atom. The lowest BCUT2D eigenvalue weighted by Crippen LogP contribution is -2.07. The second-order valence-electron chi connectivity index (χ2n) is 3.16. The second kappa shape index (κ2) is 22.4. The van der Waals surface area contributed by atoms with Crippen molar-refractivity contribution >= 4 is 6.29 Å². The van der Waals surface area contributed by atoms with Gasteiger partial charge in [0.1, 0.15) is 6.29 Å². The van der Waals surface area contributed by atoms with Crippen LogP contribution < -0.4 is 5.32 Å². The summed E-state index contributed by atoms with van der Waals surface area (Å²) in [5.41, 5.74) is 0. The van der Waals surface area contributed by atoms with E-state index in [0.29, 0.717) is 6.54 Å². The number of hydrogen-bond acceptors (Lipinski definition) is 2. The maximum Gasteiger partial charge on any atom is 0.133 e. The second-order valence-corrected chi connectivity index (χ2v) is 3.16. The van der Waals surface area contributed by atoms with Crippen LogP contribution in [-0.4, -0.2) is 19.9 Å². The fourth-order valence-electron chi connectivity index (χ4n) is 0.0833. The van der Waals surface area contributed by atoms with Gasteiger partial charge in [-0.3, -0.25) is 0 Å². The molecule has 0 amide bonds.